The van der Waals surface area contributed by atoms with Gasteiger partial charge in [0.25, 0.3) is 0 Å². The van der Waals surface area contributed by atoms with Crippen molar-refractivity contribution in [2.45, 2.75) is 32.7 Å². The number of aryl methyl sites for hydroxylation is 1. The molecule has 1 aromatic heterocycles. The molecule has 1 N–H and O–H groups in total. The lowest BCUT2D eigenvalue weighted by Crippen LogP contribution is -2.22. The molecule has 0 aliphatic rings. The van der Waals surface area contributed by atoms with E-state index in [0.29, 0.717) is 6.42 Å². The first-order valence-electron chi connectivity index (χ1n) is 6.42. The first-order valence-corrected chi connectivity index (χ1v) is 8.24. The summed E-state index contributed by atoms with van der Waals surface area (Å²) in [6.45, 7) is 4.58. The van der Waals surface area contributed by atoms with E-state index >= 15 is 0 Å². The van der Waals surface area contributed by atoms with Gasteiger partial charge in [0.15, 0.2) is 0 Å². The summed E-state index contributed by atoms with van der Waals surface area (Å²) in [6.07, 6.45) is 3.37. The largest absolute Gasteiger partial charge is 0.309 e. The zero-order chi connectivity index (χ0) is 13.6. The van der Waals surface area contributed by atoms with Crippen LogP contribution in [0, 0.1) is 0 Å². The van der Waals surface area contributed by atoms with Crippen molar-refractivity contribution in [2.75, 3.05) is 18.1 Å². The summed E-state index contributed by atoms with van der Waals surface area (Å²) < 4.78 is 24.6. The van der Waals surface area contributed by atoms with E-state index in [4.69, 9.17) is 0 Å². The quantitative estimate of drug-likeness (QED) is 0.775. The van der Waals surface area contributed by atoms with Gasteiger partial charge in [0.2, 0.25) is 0 Å². The van der Waals surface area contributed by atoms with Gasteiger partial charge in [-0.15, -0.1) is 0 Å². The van der Waals surface area contributed by atoms with Gasteiger partial charge >= 0.3 is 0 Å². The van der Waals surface area contributed by atoms with Crippen LogP contribution in [0.4, 0.5) is 0 Å². The fourth-order valence-corrected chi connectivity index (χ4v) is 2.77. The van der Waals surface area contributed by atoms with Crippen molar-refractivity contribution in [3.05, 3.63) is 18.0 Å². The molecule has 0 bridgehead atoms. The van der Waals surface area contributed by atoms with Gasteiger partial charge in [0, 0.05) is 19.0 Å². The lowest BCUT2D eigenvalue weighted by Gasteiger charge is -2.15. The van der Waals surface area contributed by atoms with Crippen molar-refractivity contribution in [3.63, 3.8) is 0 Å². The van der Waals surface area contributed by atoms with Gasteiger partial charge in [0.05, 0.1) is 17.5 Å². The van der Waals surface area contributed by atoms with Crippen molar-refractivity contribution in [3.8, 4) is 0 Å². The summed E-state index contributed by atoms with van der Waals surface area (Å²) in [4.78, 5) is 0. The molecule has 5 nitrogen and oxygen atoms in total. The molecule has 18 heavy (non-hydrogen) atoms. The van der Waals surface area contributed by atoms with Gasteiger partial charge in [-0.25, -0.2) is 8.42 Å². The molecule has 0 saturated carbocycles. The Morgan fingerprint density at radius 3 is 2.67 bits per heavy atom. The Hall–Kier alpha value is -0.880. The second-order valence-corrected chi connectivity index (χ2v) is 6.88. The molecule has 1 unspecified atom stereocenters. The lowest BCUT2D eigenvalue weighted by molar-refractivity contribution is 0.490. The highest BCUT2D eigenvalue weighted by molar-refractivity contribution is 7.91. The van der Waals surface area contributed by atoms with E-state index in [0.717, 1.165) is 18.7 Å². The molecule has 6 heteroatoms. The Balaban J connectivity index is 2.54. The Labute approximate surface area is 109 Å². The van der Waals surface area contributed by atoms with Gasteiger partial charge < -0.3 is 5.32 Å². The zero-order valence-corrected chi connectivity index (χ0v) is 12.2. The Morgan fingerprint density at radius 1 is 1.44 bits per heavy atom. The van der Waals surface area contributed by atoms with E-state index in [-0.39, 0.29) is 17.5 Å². The predicted molar refractivity (Wildman–Crippen MR) is 73.2 cm³/mol. The second-order valence-electron chi connectivity index (χ2n) is 4.40. The monoisotopic (exact) mass is 273 g/mol. The SMILES string of the molecule is CCNC(CCCS(=O)(=O)CC)c1ccn(C)n1. The molecular weight excluding hydrogens is 250 g/mol. The molecule has 0 aromatic carbocycles. The maximum absolute atomic E-state index is 11.4. The molecule has 1 aromatic rings. The van der Waals surface area contributed by atoms with E-state index < -0.39 is 9.84 Å². The molecule has 0 fully saturated rings. The van der Waals surface area contributed by atoms with Crippen LogP contribution in [0.3, 0.4) is 0 Å². The van der Waals surface area contributed by atoms with Crippen LogP contribution in [0.15, 0.2) is 12.3 Å². The first-order chi connectivity index (χ1) is 8.48. The highest BCUT2D eigenvalue weighted by atomic mass is 32.2. The van der Waals surface area contributed by atoms with E-state index in [2.05, 4.69) is 10.4 Å². The fraction of sp³-hybridized carbons (Fsp3) is 0.750. The number of hydrogen-bond acceptors (Lipinski definition) is 4. The minimum atomic E-state index is -2.86. The average Bonchev–Trinajstić information content (AvgIpc) is 2.74. The molecule has 0 aliphatic carbocycles. The topological polar surface area (TPSA) is 64.0 Å². The van der Waals surface area contributed by atoms with Gasteiger partial charge in [0.1, 0.15) is 9.84 Å². The maximum Gasteiger partial charge on any atom is 0.150 e. The molecule has 1 atom stereocenters. The van der Waals surface area contributed by atoms with Crippen molar-refractivity contribution < 1.29 is 8.42 Å². The van der Waals surface area contributed by atoms with Crippen molar-refractivity contribution in [1.29, 1.82) is 0 Å². The minimum absolute atomic E-state index is 0.142. The normalized spacial score (nSPS) is 13.7. The summed E-state index contributed by atoms with van der Waals surface area (Å²) in [5.41, 5.74) is 0.980. The van der Waals surface area contributed by atoms with Gasteiger partial charge in [-0.05, 0) is 25.5 Å². The highest BCUT2D eigenvalue weighted by Gasteiger charge is 2.15. The third kappa shape index (κ3) is 4.78. The lowest BCUT2D eigenvalue weighted by atomic mass is 10.1. The zero-order valence-electron chi connectivity index (χ0n) is 11.4. The van der Waals surface area contributed by atoms with Crippen LogP contribution >= 0.6 is 0 Å². The average molecular weight is 273 g/mol. The highest BCUT2D eigenvalue weighted by Crippen LogP contribution is 2.16. The van der Waals surface area contributed by atoms with Crippen LogP contribution in [0.25, 0.3) is 0 Å². The number of aromatic nitrogens is 2. The Kier molecular flexibility index (Phi) is 5.81. The molecule has 0 amide bonds. The van der Waals surface area contributed by atoms with Gasteiger partial charge in [-0.3, -0.25) is 4.68 Å². The summed E-state index contributed by atoms with van der Waals surface area (Å²) in [6, 6.07) is 2.12. The van der Waals surface area contributed by atoms with Crippen molar-refractivity contribution in [2.24, 2.45) is 7.05 Å². The Morgan fingerprint density at radius 2 is 2.17 bits per heavy atom. The summed E-state index contributed by atoms with van der Waals surface area (Å²) >= 11 is 0. The van der Waals surface area contributed by atoms with Crippen LogP contribution < -0.4 is 5.32 Å². The van der Waals surface area contributed by atoms with Crippen LogP contribution in [0.2, 0.25) is 0 Å². The van der Waals surface area contributed by atoms with Crippen molar-refractivity contribution in [1.82, 2.24) is 15.1 Å². The summed E-state index contributed by atoms with van der Waals surface area (Å²) in [5, 5.41) is 7.72. The smallest absolute Gasteiger partial charge is 0.150 e. The standard InChI is InChI=1S/C12H23N3O2S/c1-4-13-11(12-8-9-15(3)14-12)7-6-10-18(16,17)5-2/h8-9,11,13H,4-7,10H2,1-3H3. The molecule has 0 radical (unpaired) electrons. The molecule has 1 heterocycles. The van der Waals surface area contributed by atoms with Gasteiger partial charge in [-0.1, -0.05) is 13.8 Å². The van der Waals surface area contributed by atoms with Crippen LogP contribution in [-0.2, 0) is 16.9 Å². The number of sulfone groups is 1. The molecular formula is C12H23N3O2S. The maximum atomic E-state index is 11.4. The number of hydrogen-bond donors (Lipinski definition) is 1. The predicted octanol–water partition coefficient (Wildman–Crippen LogP) is 1.29. The third-order valence-corrected chi connectivity index (χ3v) is 4.72. The summed E-state index contributed by atoms with van der Waals surface area (Å²) in [5.74, 6) is 0.487. The van der Waals surface area contributed by atoms with E-state index in [1.807, 2.05) is 26.2 Å². The van der Waals surface area contributed by atoms with E-state index in [9.17, 15) is 8.42 Å². The number of nitrogens with one attached hydrogen (secondary N) is 1. The minimum Gasteiger partial charge on any atom is -0.309 e. The van der Waals surface area contributed by atoms with Crippen LogP contribution in [-0.4, -0.2) is 36.2 Å². The second kappa shape index (κ2) is 6.89. The molecule has 0 aliphatic heterocycles. The van der Waals surface area contributed by atoms with Crippen molar-refractivity contribution >= 4 is 9.84 Å². The van der Waals surface area contributed by atoms with E-state index in [1.165, 1.54) is 0 Å². The number of nitrogens with zero attached hydrogens (tertiary/aromatic N) is 2. The molecule has 0 saturated heterocycles. The number of rotatable bonds is 8. The van der Waals surface area contributed by atoms with E-state index in [1.54, 1.807) is 11.6 Å². The molecule has 0 spiro atoms. The summed E-state index contributed by atoms with van der Waals surface area (Å²) in [7, 11) is -0.977. The Bertz CT molecular complexity index is 454. The first kappa shape index (κ1) is 15.2. The fourth-order valence-electron chi connectivity index (χ4n) is 1.87. The molecule has 104 valence electrons. The molecule has 1 rings (SSSR count). The third-order valence-electron chi connectivity index (χ3n) is 2.93. The van der Waals surface area contributed by atoms with Crippen LogP contribution in [0.1, 0.15) is 38.4 Å². The van der Waals surface area contributed by atoms with Gasteiger partial charge in [-0.2, -0.15) is 5.10 Å². The van der Waals surface area contributed by atoms with Crippen LogP contribution in [0.5, 0.6) is 0 Å².